The molecule has 2 aliphatic rings. The lowest BCUT2D eigenvalue weighted by molar-refractivity contribution is -0.116. The van der Waals surface area contributed by atoms with E-state index in [0.717, 1.165) is 41.2 Å². The maximum atomic E-state index is 13.4. The number of hydrogen-bond donors (Lipinski definition) is 1. The van der Waals surface area contributed by atoms with Gasteiger partial charge in [-0.3, -0.25) is 15.1 Å². The third kappa shape index (κ3) is 3.67. The highest BCUT2D eigenvalue weighted by Crippen LogP contribution is 2.30. The van der Waals surface area contributed by atoms with E-state index >= 15 is 0 Å². The molecule has 28 heavy (non-hydrogen) atoms. The number of nitrogens with zero attached hydrogens (tertiary/aromatic N) is 3. The average molecular weight is 396 g/mol. The number of nitrogens with one attached hydrogen (secondary N) is 1. The number of thioether (sulfide) groups is 1. The third-order valence-corrected chi connectivity index (χ3v) is 5.62. The summed E-state index contributed by atoms with van der Waals surface area (Å²) in [6, 6.07) is 13.7. The molecule has 1 atom stereocenters. The summed E-state index contributed by atoms with van der Waals surface area (Å²) < 4.78 is 13.4. The van der Waals surface area contributed by atoms with Crippen LogP contribution in [0.1, 0.15) is 37.9 Å². The first kappa shape index (κ1) is 18.7. The molecule has 2 aliphatic heterocycles. The topological polar surface area (TPSA) is 57.1 Å². The van der Waals surface area contributed by atoms with Crippen LogP contribution in [-0.4, -0.2) is 21.8 Å². The van der Waals surface area contributed by atoms with Crippen LogP contribution in [0, 0.1) is 5.82 Å². The van der Waals surface area contributed by atoms with Crippen LogP contribution in [0.5, 0.6) is 0 Å². The summed E-state index contributed by atoms with van der Waals surface area (Å²) in [5.74, 6) is 0.393. The Hall–Kier alpha value is -2.67. The van der Waals surface area contributed by atoms with Gasteiger partial charge in [-0.05, 0) is 30.2 Å². The standard InChI is InChI=1S/C21H21FN4OS/c1-2-3-6-13-28-21-24-20(27)18-16-7-4-5-8-17(16)23-19(26(18)25-21)14-9-11-15(22)12-10-14/h4-5,7-12,19H,2-3,6,13H2,1H3,(H,24,25,27)/t19-/m1/s1. The van der Waals surface area contributed by atoms with E-state index in [4.69, 9.17) is 4.99 Å². The van der Waals surface area contributed by atoms with E-state index in [-0.39, 0.29) is 11.7 Å². The van der Waals surface area contributed by atoms with Crippen molar-refractivity contribution in [3.05, 3.63) is 70.5 Å². The Bertz CT molecular complexity index is 1040. The molecule has 0 aliphatic carbocycles. The Labute approximate surface area is 167 Å². The molecule has 0 saturated carbocycles. The molecule has 0 fully saturated rings. The molecule has 2 aromatic carbocycles. The molecule has 0 bridgehead atoms. The second kappa shape index (κ2) is 8.14. The van der Waals surface area contributed by atoms with E-state index in [9.17, 15) is 9.18 Å². The van der Waals surface area contributed by atoms with Crippen LogP contribution in [-0.2, 0) is 4.79 Å². The van der Waals surface area contributed by atoms with E-state index in [1.54, 1.807) is 17.1 Å². The van der Waals surface area contributed by atoms with Crippen molar-refractivity contribution in [2.75, 3.05) is 5.75 Å². The van der Waals surface area contributed by atoms with Crippen molar-refractivity contribution < 1.29 is 9.18 Å². The van der Waals surface area contributed by atoms with E-state index in [2.05, 4.69) is 17.3 Å². The summed E-state index contributed by atoms with van der Waals surface area (Å²) >= 11 is 1.54. The van der Waals surface area contributed by atoms with Gasteiger partial charge >= 0.3 is 0 Å². The summed E-state index contributed by atoms with van der Waals surface area (Å²) in [7, 11) is 0. The molecular weight excluding hydrogens is 375 g/mol. The van der Waals surface area contributed by atoms with Crippen LogP contribution in [0.4, 0.5) is 4.39 Å². The number of para-hydroxylation sites is 1. The van der Waals surface area contributed by atoms with Crippen LogP contribution in [0.2, 0.25) is 0 Å². The maximum Gasteiger partial charge on any atom is 0.276 e. The lowest BCUT2D eigenvalue weighted by Gasteiger charge is -2.34. The van der Waals surface area contributed by atoms with Crippen molar-refractivity contribution >= 4 is 28.5 Å². The van der Waals surface area contributed by atoms with Crippen molar-refractivity contribution in [2.24, 2.45) is 10.1 Å². The van der Waals surface area contributed by atoms with Gasteiger partial charge in [-0.1, -0.05) is 61.9 Å². The smallest absolute Gasteiger partial charge is 0.276 e. The van der Waals surface area contributed by atoms with E-state index in [1.165, 1.54) is 23.9 Å². The number of amidine groups is 1. The molecule has 5 nitrogen and oxygen atoms in total. The van der Waals surface area contributed by atoms with Crippen LogP contribution in [0.25, 0.3) is 5.70 Å². The van der Waals surface area contributed by atoms with Gasteiger partial charge < -0.3 is 0 Å². The number of halogens is 1. The zero-order valence-electron chi connectivity index (χ0n) is 15.6. The fourth-order valence-electron chi connectivity index (χ4n) is 3.27. The number of carbonyl (C=O) groups excluding carboxylic acids is 1. The number of benzene rings is 2. The van der Waals surface area contributed by atoms with Gasteiger partial charge in [-0.2, -0.15) is 0 Å². The summed E-state index contributed by atoms with van der Waals surface area (Å²) in [5.41, 5.74) is 1.25. The van der Waals surface area contributed by atoms with Gasteiger partial charge in [0.1, 0.15) is 11.5 Å². The highest BCUT2D eigenvalue weighted by molar-refractivity contribution is 8.13. The van der Waals surface area contributed by atoms with Crippen molar-refractivity contribution in [3.8, 4) is 0 Å². The third-order valence-electron chi connectivity index (χ3n) is 4.67. The lowest BCUT2D eigenvalue weighted by atomic mass is 10.1. The van der Waals surface area contributed by atoms with Crippen molar-refractivity contribution in [3.63, 3.8) is 0 Å². The predicted molar refractivity (Wildman–Crippen MR) is 109 cm³/mol. The number of unbranched alkanes of at least 4 members (excludes halogenated alkanes) is 2. The quantitative estimate of drug-likeness (QED) is 0.791. The first-order valence-corrected chi connectivity index (χ1v) is 10.4. The highest BCUT2D eigenvalue weighted by atomic mass is 32.2. The largest absolute Gasteiger partial charge is 0.298 e. The fraction of sp³-hybridized carbons (Fsp3) is 0.286. The van der Waals surface area contributed by atoms with Crippen molar-refractivity contribution in [1.29, 1.82) is 0 Å². The van der Waals surface area contributed by atoms with Gasteiger partial charge in [0.25, 0.3) is 5.91 Å². The molecule has 0 radical (unpaired) electrons. The number of fused-ring (bicyclic) bond motifs is 2. The minimum Gasteiger partial charge on any atom is -0.298 e. The van der Waals surface area contributed by atoms with Gasteiger partial charge in [0.2, 0.25) is 0 Å². The molecule has 7 heteroatoms. The Morgan fingerprint density at radius 1 is 1.14 bits per heavy atom. The second-order valence-corrected chi connectivity index (χ2v) is 7.76. The first-order chi connectivity index (χ1) is 13.7. The average Bonchev–Trinajstić information content (AvgIpc) is 2.71. The molecule has 2 aromatic rings. The summed E-state index contributed by atoms with van der Waals surface area (Å²) in [5, 5.41) is 11.3. The van der Waals surface area contributed by atoms with Crippen LogP contribution in [0.3, 0.4) is 0 Å². The number of hydrogen-bond acceptors (Lipinski definition) is 5. The van der Waals surface area contributed by atoms with Gasteiger partial charge in [0.15, 0.2) is 11.3 Å². The molecule has 0 spiro atoms. The summed E-state index contributed by atoms with van der Waals surface area (Å²) in [6.07, 6.45) is 2.85. The Morgan fingerprint density at radius 2 is 1.93 bits per heavy atom. The molecule has 1 N–H and O–H groups in total. The second-order valence-electron chi connectivity index (χ2n) is 6.68. The van der Waals surface area contributed by atoms with Crippen LogP contribution in [0.15, 0.2) is 58.6 Å². The molecular formula is C21H21FN4OS. The first-order valence-electron chi connectivity index (χ1n) is 9.42. The molecule has 144 valence electrons. The molecule has 2 heterocycles. The van der Waals surface area contributed by atoms with E-state index < -0.39 is 6.17 Å². The van der Waals surface area contributed by atoms with Crippen molar-refractivity contribution in [1.82, 2.24) is 10.3 Å². The Morgan fingerprint density at radius 3 is 2.71 bits per heavy atom. The SMILES string of the molecule is CCCCCSC1=NN2C(=c3ccccc3=N[C@H]2c2ccc(F)cc2)C(=O)N1. The predicted octanol–water partition coefficient (Wildman–Crippen LogP) is 2.89. The number of hydrazone groups is 1. The minimum atomic E-state index is -0.511. The molecule has 0 aromatic heterocycles. The van der Waals surface area contributed by atoms with E-state index in [1.807, 2.05) is 24.3 Å². The van der Waals surface area contributed by atoms with Gasteiger partial charge in [0.05, 0.1) is 5.36 Å². The van der Waals surface area contributed by atoms with Crippen LogP contribution < -0.4 is 15.9 Å². The zero-order valence-corrected chi connectivity index (χ0v) is 16.4. The zero-order chi connectivity index (χ0) is 19.5. The number of carbonyl (C=O) groups is 1. The van der Waals surface area contributed by atoms with Gasteiger partial charge in [-0.25, -0.2) is 9.40 Å². The number of rotatable bonds is 5. The molecule has 4 rings (SSSR count). The van der Waals surface area contributed by atoms with Gasteiger partial charge in [0, 0.05) is 11.0 Å². The lowest BCUT2D eigenvalue weighted by Crippen LogP contribution is -2.50. The summed E-state index contributed by atoms with van der Waals surface area (Å²) in [4.78, 5) is 17.7. The minimum absolute atomic E-state index is 0.192. The van der Waals surface area contributed by atoms with E-state index in [0.29, 0.717) is 10.9 Å². The molecule has 0 saturated heterocycles. The fourth-order valence-corrected chi connectivity index (χ4v) is 4.12. The highest BCUT2D eigenvalue weighted by Gasteiger charge is 2.34. The number of amides is 1. The van der Waals surface area contributed by atoms with Crippen molar-refractivity contribution in [2.45, 2.75) is 32.4 Å². The maximum absolute atomic E-state index is 13.4. The Balaban J connectivity index is 1.76. The molecule has 1 amide bonds. The van der Waals surface area contributed by atoms with Crippen LogP contribution >= 0.6 is 11.8 Å². The molecule has 0 unspecified atom stereocenters. The summed E-state index contributed by atoms with van der Waals surface area (Å²) in [6.45, 7) is 2.16. The monoisotopic (exact) mass is 396 g/mol. The Kier molecular flexibility index (Phi) is 5.43. The normalized spacial score (nSPS) is 18.0. The van der Waals surface area contributed by atoms with Gasteiger partial charge in [-0.15, -0.1) is 5.10 Å².